The average molecular weight is 229 g/mol. The average Bonchev–Trinajstić information content (AvgIpc) is 2.41. The third-order valence-electron chi connectivity index (χ3n) is 3.15. The molecule has 0 spiro atoms. The van der Waals surface area contributed by atoms with Crippen molar-refractivity contribution >= 4 is 0 Å². The molecule has 1 heterocycles. The van der Waals surface area contributed by atoms with Gasteiger partial charge in [-0.05, 0) is 50.2 Å². The van der Waals surface area contributed by atoms with Crippen molar-refractivity contribution in [1.29, 1.82) is 0 Å². The Morgan fingerprint density at radius 3 is 2.47 bits per heavy atom. The summed E-state index contributed by atoms with van der Waals surface area (Å²) < 4.78 is 5.70. The van der Waals surface area contributed by atoms with Gasteiger partial charge in [-0.15, -0.1) is 6.42 Å². The molecule has 2 heteroatoms. The summed E-state index contributed by atoms with van der Waals surface area (Å²) in [5.74, 6) is 3.50. The van der Waals surface area contributed by atoms with Crippen molar-refractivity contribution in [1.82, 2.24) is 4.90 Å². The fraction of sp³-hybridized carbons (Fsp3) is 0.467. The highest BCUT2D eigenvalue weighted by atomic mass is 16.5. The van der Waals surface area contributed by atoms with Crippen LogP contribution < -0.4 is 4.74 Å². The SMILES string of the molecule is C#Cc1ccc(OCCN2CCCCC2)cc1. The molecule has 2 nitrogen and oxygen atoms in total. The molecule has 1 saturated heterocycles. The quantitative estimate of drug-likeness (QED) is 0.736. The van der Waals surface area contributed by atoms with Crippen molar-refractivity contribution in [2.24, 2.45) is 0 Å². The van der Waals surface area contributed by atoms with Gasteiger partial charge in [-0.2, -0.15) is 0 Å². The first-order chi connectivity index (χ1) is 8.38. The molecule has 1 aromatic carbocycles. The summed E-state index contributed by atoms with van der Waals surface area (Å²) in [6, 6.07) is 7.70. The summed E-state index contributed by atoms with van der Waals surface area (Å²) in [6.07, 6.45) is 9.34. The largest absolute Gasteiger partial charge is 0.492 e. The fourth-order valence-electron chi connectivity index (χ4n) is 2.12. The van der Waals surface area contributed by atoms with E-state index in [2.05, 4.69) is 10.8 Å². The van der Waals surface area contributed by atoms with E-state index in [1.54, 1.807) is 0 Å². The van der Waals surface area contributed by atoms with E-state index in [1.807, 2.05) is 24.3 Å². The van der Waals surface area contributed by atoms with Crippen LogP contribution in [0.5, 0.6) is 5.75 Å². The van der Waals surface area contributed by atoms with E-state index in [0.29, 0.717) is 0 Å². The number of terminal acetylenes is 1. The minimum Gasteiger partial charge on any atom is -0.492 e. The second-order valence-corrected chi connectivity index (χ2v) is 4.42. The van der Waals surface area contributed by atoms with Crippen LogP contribution in [0.3, 0.4) is 0 Å². The minimum atomic E-state index is 0.759. The molecule has 0 atom stereocenters. The van der Waals surface area contributed by atoms with Gasteiger partial charge >= 0.3 is 0 Å². The van der Waals surface area contributed by atoms with Crippen LogP contribution in [-0.2, 0) is 0 Å². The predicted molar refractivity (Wildman–Crippen MR) is 70.2 cm³/mol. The molecular weight excluding hydrogens is 210 g/mol. The van der Waals surface area contributed by atoms with Crippen LogP contribution in [0.1, 0.15) is 24.8 Å². The van der Waals surface area contributed by atoms with Gasteiger partial charge in [-0.25, -0.2) is 0 Å². The van der Waals surface area contributed by atoms with Crippen LogP contribution in [0.25, 0.3) is 0 Å². The Hall–Kier alpha value is -1.46. The highest BCUT2D eigenvalue weighted by Crippen LogP contribution is 2.12. The van der Waals surface area contributed by atoms with Crippen molar-refractivity contribution in [3.05, 3.63) is 29.8 Å². The molecule has 0 N–H and O–H groups in total. The molecule has 0 aromatic heterocycles. The first-order valence-electron chi connectivity index (χ1n) is 6.30. The maximum Gasteiger partial charge on any atom is 0.119 e. The zero-order valence-electron chi connectivity index (χ0n) is 10.2. The monoisotopic (exact) mass is 229 g/mol. The molecule has 17 heavy (non-hydrogen) atoms. The van der Waals surface area contributed by atoms with Crippen LogP contribution in [0, 0.1) is 12.3 Å². The van der Waals surface area contributed by atoms with E-state index in [4.69, 9.17) is 11.2 Å². The Morgan fingerprint density at radius 1 is 1.12 bits per heavy atom. The molecule has 0 unspecified atom stereocenters. The second-order valence-electron chi connectivity index (χ2n) is 4.42. The molecule has 0 amide bonds. The number of nitrogens with zero attached hydrogens (tertiary/aromatic N) is 1. The molecule has 0 saturated carbocycles. The molecule has 1 fully saturated rings. The lowest BCUT2D eigenvalue weighted by Crippen LogP contribution is -2.33. The maximum absolute atomic E-state index is 5.70. The summed E-state index contributed by atoms with van der Waals surface area (Å²) in [5, 5.41) is 0. The summed E-state index contributed by atoms with van der Waals surface area (Å²) in [4.78, 5) is 2.47. The van der Waals surface area contributed by atoms with Gasteiger partial charge in [0, 0.05) is 12.1 Å². The van der Waals surface area contributed by atoms with Gasteiger partial charge in [0.15, 0.2) is 0 Å². The molecular formula is C15H19NO. The highest BCUT2D eigenvalue weighted by Gasteiger charge is 2.09. The molecule has 1 aliphatic heterocycles. The van der Waals surface area contributed by atoms with Crippen LogP contribution >= 0.6 is 0 Å². The molecule has 90 valence electrons. The normalized spacial score (nSPS) is 16.4. The molecule has 1 aromatic rings. The minimum absolute atomic E-state index is 0.759. The van der Waals surface area contributed by atoms with E-state index < -0.39 is 0 Å². The van der Waals surface area contributed by atoms with Crippen molar-refractivity contribution < 1.29 is 4.74 Å². The van der Waals surface area contributed by atoms with Gasteiger partial charge in [-0.3, -0.25) is 4.90 Å². The molecule has 2 rings (SSSR count). The fourth-order valence-corrected chi connectivity index (χ4v) is 2.12. The predicted octanol–water partition coefficient (Wildman–Crippen LogP) is 2.53. The first kappa shape index (κ1) is 12.0. The molecule has 1 aliphatic rings. The molecule has 0 bridgehead atoms. The van der Waals surface area contributed by atoms with Crippen molar-refractivity contribution in [2.45, 2.75) is 19.3 Å². The van der Waals surface area contributed by atoms with E-state index in [-0.39, 0.29) is 0 Å². The molecule has 0 aliphatic carbocycles. The van der Waals surface area contributed by atoms with Crippen LogP contribution in [-0.4, -0.2) is 31.1 Å². The number of piperidine rings is 1. The van der Waals surface area contributed by atoms with E-state index in [0.717, 1.165) is 24.5 Å². The number of hydrogen-bond acceptors (Lipinski definition) is 2. The lowest BCUT2D eigenvalue weighted by Gasteiger charge is -2.26. The summed E-state index contributed by atoms with van der Waals surface area (Å²) in [5.41, 5.74) is 0.897. The second kappa shape index (κ2) is 6.32. The number of benzene rings is 1. The smallest absolute Gasteiger partial charge is 0.119 e. The van der Waals surface area contributed by atoms with Crippen molar-refractivity contribution in [3.8, 4) is 18.1 Å². The summed E-state index contributed by atoms with van der Waals surface area (Å²) in [7, 11) is 0. The Labute approximate surface area is 104 Å². The molecule has 0 radical (unpaired) electrons. The third kappa shape index (κ3) is 3.80. The number of hydrogen-bond donors (Lipinski definition) is 0. The van der Waals surface area contributed by atoms with Gasteiger partial charge in [-0.1, -0.05) is 12.3 Å². The lowest BCUT2D eigenvalue weighted by atomic mass is 10.1. The van der Waals surface area contributed by atoms with E-state index in [1.165, 1.54) is 32.4 Å². The Kier molecular flexibility index (Phi) is 4.46. The Balaban J connectivity index is 1.72. The zero-order chi connectivity index (χ0) is 11.9. The van der Waals surface area contributed by atoms with Gasteiger partial charge in [0.25, 0.3) is 0 Å². The van der Waals surface area contributed by atoms with Crippen molar-refractivity contribution in [3.63, 3.8) is 0 Å². The lowest BCUT2D eigenvalue weighted by molar-refractivity contribution is 0.183. The van der Waals surface area contributed by atoms with Gasteiger partial charge in [0.2, 0.25) is 0 Å². The summed E-state index contributed by atoms with van der Waals surface area (Å²) >= 11 is 0. The van der Waals surface area contributed by atoms with Gasteiger partial charge < -0.3 is 4.74 Å². The van der Waals surface area contributed by atoms with Crippen LogP contribution in [0.2, 0.25) is 0 Å². The Bertz CT molecular complexity index is 371. The highest BCUT2D eigenvalue weighted by molar-refractivity contribution is 5.36. The van der Waals surface area contributed by atoms with E-state index >= 15 is 0 Å². The van der Waals surface area contributed by atoms with Crippen LogP contribution in [0.4, 0.5) is 0 Å². The van der Waals surface area contributed by atoms with Gasteiger partial charge in [0.05, 0.1) is 0 Å². The van der Waals surface area contributed by atoms with Gasteiger partial charge in [0.1, 0.15) is 12.4 Å². The number of ether oxygens (including phenoxy) is 1. The Morgan fingerprint density at radius 2 is 1.82 bits per heavy atom. The number of likely N-dealkylation sites (tertiary alicyclic amines) is 1. The standard InChI is InChI=1S/C15H19NO/c1-2-14-6-8-15(9-7-14)17-13-12-16-10-4-3-5-11-16/h1,6-9H,3-5,10-13H2. The first-order valence-corrected chi connectivity index (χ1v) is 6.30. The zero-order valence-corrected chi connectivity index (χ0v) is 10.2. The summed E-state index contributed by atoms with van der Waals surface area (Å²) in [6.45, 7) is 4.23. The third-order valence-corrected chi connectivity index (χ3v) is 3.15. The van der Waals surface area contributed by atoms with E-state index in [9.17, 15) is 0 Å². The topological polar surface area (TPSA) is 12.5 Å². The number of rotatable bonds is 4. The van der Waals surface area contributed by atoms with Crippen LogP contribution in [0.15, 0.2) is 24.3 Å². The maximum atomic E-state index is 5.70. The van der Waals surface area contributed by atoms with Crippen molar-refractivity contribution in [2.75, 3.05) is 26.2 Å².